The van der Waals surface area contributed by atoms with Crippen LogP contribution in [0.1, 0.15) is 56.4 Å². The first-order valence-corrected chi connectivity index (χ1v) is 14.0. The zero-order valence-electron chi connectivity index (χ0n) is 22.5. The third-order valence-electron chi connectivity index (χ3n) is 6.85. The Hall–Kier alpha value is -3.09. The summed E-state index contributed by atoms with van der Waals surface area (Å²) in [6.45, 7) is 7.17. The maximum absolute atomic E-state index is 13.1. The van der Waals surface area contributed by atoms with E-state index in [1.54, 1.807) is 12.1 Å². The van der Waals surface area contributed by atoms with Crippen LogP contribution < -0.4 is 0 Å². The van der Waals surface area contributed by atoms with E-state index in [0.717, 1.165) is 72.7 Å². The maximum Gasteiger partial charge on any atom is 0.416 e. The van der Waals surface area contributed by atoms with Gasteiger partial charge in [-0.05, 0) is 49.2 Å². The van der Waals surface area contributed by atoms with Crippen LogP contribution >= 0.6 is 11.6 Å². The molecule has 1 aromatic heterocycles. The Morgan fingerprint density at radius 2 is 1.46 bits per heavy atom. The number of rotatable bonds is 12. The molecule has 0 fully saturated rings. The second kappa shape index (κ2) is 13.3. The average Bonchev–Trinajstić information content (AvgIpc) is 3.29. The fourth-order valence-corrected chi connectivity index (χ4v) is 4.84. The van der Waals surface area contributed by atoms with Crippen molar-refractivity contribution in [2.45, 2.75) is 65.3 Å². The molecule has 3 aromatic carbocycles. The van der Waals surface area contributed by atoms with Gasteiger partial charge in [0.25, 0.3) is 0 Å². The normalized spacial score (nSPS) is 11.9. The summed E-state index contributed by atoms with van der Waals surface area (Å²) in [6.07, 6.45) is -0.263. The number of halogens is 4. The van der Waals surface area contributed by atoms with E-state index in [1.807, 2.05) is 42.5 Å². The fourth-order valence-electron chi connectivity index (χ4n) is 4.72. The predicted molar refractivity (Wildman–Crippen MR) is 153 cm³/mol. The first-order valence-electron chi connectivity index (χ1n) is 13.6. The van der Waals surface area contributed by atoms with Gasteiger partial charge in [-0.1, -0.05) is 92.9 Å². The molecule has 0 aliphatic heterocycles. The van der Waals surface area contributed by atoms with Crippen LogP contribution in [0, 0.1) is 0 Å². The molecule has 0 amide bonds. The SMILES string of the molecule is CCCCN(Cc1ccc(C(F)(F)F)cc1)Cc1c(-c2ccc(Cl)cc2)nc(-c2ccccc2)n1CCCC. The Labute approximate surface area is 234 Å². The van der Waals surface area contributed by atoms with Crippen molar-refractivity contribution >= 4 is 11.6 Å². The molecule has 0 unspecified atom stereocenters. The lowest BCUT2D eigenvalue weighted by Crippen LogP contribution is -2.26. The number of unbranched alkanes of at least 4 members (excludes halogenated alkanes) is 2. The minimum atomic E-state index is -4.34. The van der Waals surface area contributed by atoms with Gasteiger partial charge >= 0.3 is 6.18 Å². The highest BCUT2D eigenvalue weighted by molar-refractivity contribution is 6.30. The lowest BCUT2D eigenvalue weighted by molar-refractivity contribution is -0.137. The van der Waals surface area contributed by atoms with Gasteiger partial charge in [-0.15, -0.1) is 0 Å². The van der Waals surface area contributed by atoms with Gasteiger partial charge in [0.2, 0.25) is 0 Å². The number of imidazole rings is 1. The zero-order valence-corrected chi connectivity index (χ0v) is 23.3. The number of hydrogen-bond acceptors (Lipinski definition) is 2. The second-order valence-electron chi connectivity index (χ2n) is 9.87. The lowest BCUT2D eigenvalue weighted by Gasteiger charge is -2.24. The van der Waals surface area contributed by atoms with Crippen molar-refractivity contribution < 1.29 is 13.2 Å². The van der Waals surface area contributed by atoms with Crippen LogP contribution in [0.15, 0.2) is 78.9 Å². The first-order chi connectivity index (χ1) is 18.8. The van der Waals surface area contributed by atoms with Crippen LogP contribution in [0.2, 0.25) is 5.02 Å². The number of benzene rings is 3. The van der Waals surface area contributed by atoms with Gasteiger partial charge in [-0.25, -0.2) is 4.98 Å². The molecule has 1 heterocycles. The van der Waals surface area contributed by atoms with Gasteiger partial charge in [0, 0.05) is 35.8 Å². The number of nitrogens with zero attached hydrogens (tertiary/aromatic N) is 3. The molecule has 0 saturated heterocycles. The van der Waals surface area contributed by atoms with Crippen LogP contribution in [-0.4, -0.2) is 21.0 Å². The summed E-state index contributed by atoms with van der Waals surface area (Å²) in [6, 6.07) is 23.5. The molecule has 4 rings (SSSR count). The van der Waals surface area contributed by atoms with E-state index in [9.17, 15) is 13.2 Å². The Morgan fingerprint density at radius 3 is 2.08 bits per heavy atom. The Kier molecular flexibility index (Phi) is 9.87. The number of alkyl halides is 3. The highest BCUT2D eigenvalue weighted by Gasteiger charge is 2.30. The molecule has 39 heavy (non-hydrogen) atoms. The van der Waals surface area contributed by atoms with E-state index in [0.29, 0.717) is 18.1 Å². The summed E-state index contributed by atoms with van der Waals surface area (Å²) in [4.78, 5) is 7.50. The van der Waals surface area contributed by atoms with Crippen molar-refractivity contribution in [2.24, 2.45) is 0 Å². The Morgan fingerprint density at radius 1 is 0.795 bits per heavy atom. The van der Waals surface area contributed by atoms with Gasteiger partial charge in [-0.2, -0.15) is 13.2 Å². The summed E-state index contributed by atoms with van der Waals surface area (Å²) in [7, 11) is 0. The van der Waals surface area contributed by atoms with Crippen molar-refractivity contribution in [3.8, 4) is 22.6 Å². The molecule has 0 bridgehead atoms. The summed E-state index contributed by atoms with van der Waals surface area (Å²) in [5.41, 5.74) is 4.30. The van der Waals surface area contributed by atoms with Crippen molar-refractivity contribution in [2.75, 3.05) is 6.54 Å². The zero-order chi connectivity index (χ0) is 27.8. The van der Waals surface area contributed by atoms with Crippen molar-refractivity contribution in [3.05, 3.63) is 101 Å². The van der Waals surface area contributed by atoms with Crippen LogP contribution in [0.25, 0.3) is 22.6 Å². The molecule has 206 valence electrons. The molecule has 0 aliphatic carbocycles. The largest absolute Gasteiger partial charge is 0.416 e. The lowest BCUT2D eigenvalue weighted by atomic mass is 10.1. The minimum absolute atomic E-state index is 0.553. The minimum Gasteiger partial charge on any atom is -0.326 e. The molecule has 0 N–H and O–H groups in total. The Bertz CT molecular complexity index is 1310. The van der Waals surface area contributed by atoms with E-state index in [-0.39, 0.29) is 0 Å². The Balaban J connectivity index is 1.76. The van der Waals surface area contributed by atoms with Gasteiger partial charge in [0.05, 0.1) is 17.0 Å². The fraction of sp³-hybridized carbons (Fsp3) is 0.344. The molecule has 0 radical (unpaired) electrons. The third kappa shape index (κ3) is 7.52. The van der Waals surface area contributed by atoms with E-state index in [1.165, 1.54) is 12.1 Å². The molecular formula is C32H35ClF3N3. The molecule has 0 spiro atoms. The van der Waals surface area contributed by atoms with Crippen molar-refractivity contribution in [1.29, 1.82) is 0 Å². The highest BCUT2D eigenvalue weighted by Crippen LogP contribution is 2.33. The van der Waals surface area contributed by atoms with Crippen molar-refractivity contribution in [3.63, 3.8) is 0 Å². The summed E-state index contributed by atoms with van der Waals surface area (Å²) in [5.74, 6) is 0.925. The summed E-state index contributed by atoms with van der Waals surface area (Å²) >= 11 is 6.21. The van der Waals surface area contributed by atoms with E-state index in [4.69, 9.17) is 16.6 Å². The van der Waals surface area contributed by atoms with E-state index >= 15 is 0 Å². The second-order valence-corrected chi connectivity index (χ2v) is 10.3. The van der Waals surface area contributed by atoms with Crippen molar-refractivity contribution in [1.82, 2.24) is 14.5 Å². The van der Waals surface area contributed by atoms with Crippen LogP contribution in [-0.2, 0) is 25.8 Å². The van der Waals surface area contributed by atoms with Crippen LogP contribution in [0.4, 0.5) is 13.2 Å². The number of aromatic nitrogens is 2. The first kappa shape index (κ1) is 28.9. The van der Waals surface area contributed by atoms with Gasteiger partial charge in [0.1, 0.15) is 5.82 Å². The molecule has 0 saturated carbocycles. The van der Waals surface area contributed by atoms with Gasteiger partial charge < -0.3 is 4.57 Å². The summed E-state index contributed by atoms with van der Waals surface area (Å²) < 4.78 is 41.7. The van der Waals surface area contributed by atoms with Gasteiger partial charge in [0.15, 0.2) is 0 Å². The van der Waals surface area contributed by atoms with Crippen LogP contribution in [0.5, 0.6) is 0 Å². The molecule has 4 aromatic rings. The molecular weight excluding hydrogens is 519 g/mol. The monoisotopic (exact) mass is 553 g/mol. The smallest absolute Gasteiger partial charge is 0.326 e. The predicted octanol–water partition coefficient (Wildman–Crippen LogP) is 9.49. The topological polar surface area (TPSA) is 21.1 Å². The maximum atomic E-state index is 13.1. The van der Waals surface area contributed by atoms with Gasteiger partial charge in [-0.3, -0.25) is 4.90 Å². The molecule has 0 atom stereocenters. The average molecular weight is 554 g/mol. The van der Waals surface area contributed by atoms with E-state index < -0.39 is 11.7 Å². The number of hydrogen-bond donors (Lipinski definition) is 0. The summed E-state index contributed by atoms with van der Waals surface area (Å²) in [5, 5.41) is 0.667. The highest BCUT2D eigenvalue weighted by atomic mass is 35.5. The quantitative estimate of drug-likeness (QED) is 0.174. The van der Waals surface area contributed by atoms with Crippen LogP contribution in [0.3, 0.4) is 0 Å². The molecule has 3 nitrogen and oxygen atoms in total. The molecule has 0 aliphatic rings. The molecule has 7 heteroatoms. The standard InChI is InChI=1S/C32H35ClF3N3/c1-3-5-20-38(22-24-12-16-27(17-13-24)32(34,35)36)23-29-30(25-14-18-28(33)19-15-25)37-31(39(29)21-6-4-2)26-10-8-7-9-11-26/h7-19H,3-6,20-23H2,1-2H3. The van der Waals surface area contributed by atoms with E-state index in [2.05, 4.69) is 35.4 Å². The third-order valence-corrected chi connectivity index (χ3v) is 7.10.